The van der Waals surface area contributed by atoms with Crippen molar-refractivity contribution < 1.29 is 18.4 Å². The summed E-state index contributed by atoms with van der Waals surface area (Å²) in [6.07, 6.45) is 2.70. The number of nitrogens with zero attached hydrogens (tertiary/aromatic N) is 2. The van der Waals surface area contributed by atoms with Crippen LogP contribution in [0.5, 0.6) is 0 Å². The van der Waals surface area contributed by atoms with Gasteiger partial charge in [0.15, 0.2) is 4.87 Å². The van der Waals surface area contributed by atoms with Gasteiger partial charge in [-0.1, -0.05) is 18.6 Å². The van der Waals surface area contributed by atoms with Gasteiger partial charge in [0, 0.05) is 23.8 Å². The van der Waals surface area contributed by atoms with Gasteiger partial charge < -0.3 is 9.80 Å². The highest BCUT2D eigenvalue weighted by atomic mass is 32.2. The van der Waals surface area contributed by atoms with Crippen LogP contribution in [0, 0.1) is 17.6 Å². The number of hydrogen-bond donors (Lipinski definition) is 0. The van der Waals surface area contributed by atoms with Crippen molar-refractivity contribution in [2.75, 3.05) is 17.2 Å². The molecule has 150 valence electrons. The SMILES string of the molecule is O=C(C1CCC1)N1CCS[C@@]12C(=O)N(Cc1cccc(F)c1)c1ccc(F)cc12. The summed E-state index contributed by atoms with van der Waals surface area (Å²) in [5, 5.41) is 0. The lowest BCUT2D eigenvalue weighted by Gasteiger charge is -2.37. The summed E-state index contributed by atoms with van der Waals surface area (Å²) < 4.78 is 27.9. The molecule has 5 rings (SSSR count). The molecular weight excluding hydrogens is 394 g/mol. The minimum Gasteiger partial charge on any atom is -0.315 e. The highest BCUT2D eigenvalue weighted by Crippen LogP contribution is 2.55. The van der Waals surface area contributed by atoms with E-state index in [9.17, 15) is 18.4 Å². The van der Waals surface area contributed by atoms with Crippen molar-refractivity contribution in [2.24, 2.45) is 5.92 Å². The maximum absolute atomic E-state index is 14.2. The highest BCUT2D eigenvalue weighted by Gasteiger charge is 2.60. The fraction of sp³-hybridized carbons (Fsp3) is 0.364. The number of fused-ring (bicyclic) bond motifs is 2. The molecule has 2 amide bonds. The van der Waals surface area contributed by atoms with Crippen molar-refractivity contribution in [2.45, 2.75) is 30.7 Å². The molecule has 1 atom stereocenters. The number of anilines is 1. The molecule has 1 aliphatic carbocycles. The van der Waals surface area contributed by atoms with Gasteiger partial charge in [-0.15, -0.1) is 11.8 Å². The van der Waals surface area contributed by atoms with Gasteiger partial charge >= 0.3 is 0 Å². The third kappa shape index (κ3) is 2.78. The van der Waals surface area contributed by atoms with E-state index >= 15 is 0 Å². The van der Waals surface area contributed by atoms with Gasteiger partial charge in [0.1, 0.15) is 11.6 Å². The van der Waals surface area contributed by atoms with Crippen LogP contribution >= 0.6 is 11.8 Å². The minimum atomic E-state index is -1.22. The Labute approximate surface area is 171 Å². The number of benzene rings is 2. The maximum atomic E-state index is 14.2. The van der Waals surface area contributed by atoms with E-state index in [1.54, 1.807) is 28.0 Å². The molecule has 0 aromatic heterocycles. The van der Waals surface area contributed by atoms with E-state index in [0.717, 1.165) is 19.3 Å². The fourth-order valence-corrected chi connectivity index (χ4v) is 5.92. The van der Waals surface area contributed by atoms with E-state index in [1.165, 1.54) is 36.0 Å². The quantitative estimate of drug-likeness (QED) is 0.761. The van der Waals surface area contributed by atoms with Crippen molar-refractivity contribution in [3.63, 3.8) is 0 Å². The predicted octanol–water partition coefficient (Wildman–Crippen LogP) is 4.04. The molecule has 0 N–H and O–H groups in total. The second kappa shape index (κ2) is 6.83. The topological polar surface area (TPSA) is 40.6 Å². The van der Waals surface area contributed by atoms with Gasteiger partial charge in [0.05, 0.1) is 12.2 Å². The Balaban J connectivity index is 1.58. The maximum Gasteiger partial charge on any atom is 0.268 e. The number of halogens is 2. The van der Waals surface area contributed by atoms with Gasteiger partial charge in [-0.3, -0.25) is 9.59 Å². The lowest BCUT2D eigenvalue weighted by molar-refractivity contribution is -0.145. The summed E-state index contributed by atoms with van der Waals surface area (Å²) in [4.78, 5) is 28.9. The molecule has 3 aliphatic rings. The van der Waals surface area contributed by atoms with Crippen molar-refractivity contribution in [1.29, 1.82) is 0 Å². The third-order valence-electron chi connectivity index (χ3n) is 6.11. The molecule has 2 aliphatic heterocycles. The minimum absolute atomic E-state index is 0.0163. The summed E-state index contributed by atoms with van der Waals surface area (Å²) in [5.74, 6) is -0.511. The Bertz CT molecular complexity index is 1010. The molecule has 1 spiro atoms. The molecule has 29 heavy (non-hydrogen) atoms. The van der Waals surface area contributed by atoms with Crippen molar-refractivity contribution in [1.82, 2.24) is 4.90 Å². The Morgan fingerprint density at radius 2 is 1.93 bits per heavy atom. The van der Waals surface area contributed by atoms with Crippen LogP contribution in [0.3, 0.4) is 0 Å². The summed E-state index contributed by atoms with van der Waals surface area (Å²) in [6, 6.07) is 10.4. The molecule has 2 fully saturated rings. The summed E-state index contributed by atoms with van der Waals surface area (Å²) in [5.41, 5.74) is 1.75. The number of carbonyl (C=O) groups excluding carboxylic acids is 2. The average Bonchev–Trinajstić information content (AvgIpc) is 3.18. The second-order valence-electron chi connectivity index (χ2n) is 7.79. The van der Waals surface area contributed by atoms with Crippen LogP contribution in [0.4, 0.5) is 14.5 Å². The number of amides is 2. The van der Waals surface area contributed by atoms with Gasteiger partial charge in [-0.05, 0) is 48.7 Å². The zero-order valence-electron chi connectivity index (χ0n) is 15.7. The van der Waals surface area contributed by atoms with Crippen LogP contribution in [-0.2, 0) is 21.0 Å². The molecule has 2 heterocycles. The van der Waals surface area contributed by atoms with Crippen LogP contribution in [0.25, 0.3) is 0 Å². The van der Waals surface area contributed by atoms with Gasteiger partial charge in [-0.2, -0.15) is 0 Å². The standard InChI is InChI=1S/C22H20F2N2O2S/c23-16-6-1-3-14(11-16)13-25-19-8-7-17(24)12-18(19)22(21(25)28)26(9-10-29-22)20(27)15-4-2-5-15/h1,3,6-8,11-12,15H,2,4-5,9-10,13H2/t22-/m0/s1. The molecule has 1 saturated carbocycles. The molecule has 2 aromatic carbocycles. The van der Waals surface area contributed by atoms with E-state index in [4.69, 9.17) is 0 Å². The number of carbonyl (C=O) groups is 2. The zero-order valence-corrected chi connectivity index (χ0v) is 16.6. The summed E-state index contributed by atoms with van der Waals surface area (Å²) >= 11 is 1.39. The molecule has 1 saturated heterocycles. The normalized spacial score (nSPS) is 23.6. The Hall–Kier alpha value is -2.41. The number of thioether (sulfide) groups is 1. The monoisotopic (exact) mass is 414 g/mol. The molecule has 0 radical (unpaired) electrons. The Kier molecular flexibility index (Phi) is 4.38. The van der Waals surface area contributed by atoms with E-state index in [-0.39, 0.29) is 30.1 Å². The largest absolute Gasteiger partial charge is 0.315 e. The molecule has 0 unspecified atom stereocenters. The Morgan fingerprint density at radius 1 is 1.14 bits per heavy atom. The fourth-order valence-electron chi connectivity index (χ4n) is 4.46. The van der Waals surface area contributed by atoms with Crippen LogP contribution in [0.2, 0.25) is 0 Å². The van der Waals surface area contributed by atoms with Crippen molar-refractivity contribution in [3.05, 3.63) is 65.2 Å². The first-order chi connectivity index (χ1) is 14.0. The molecule has 7 heteroatoms. The number of hydrogen-bond acceptors (Lipinski definition) is 3. The first kappa shape index (κ1) is 18.6. The van der Waals surface area contributed by atoms with E-state index in [0.29, 0.717) is 29.1 Å². The molecule has 4 nitrogen and oxygen atoms in total. The number of rotatable bonds is 3. The van der Waals surface area contributed by atoms with E-state index in [2.05, 4.69) is 0 Å². The van der Waals surface area contributed by atoms with E-state index < -0.39 is 10.7 Å². The smallest absolute Gasteiger partial charge is 0.268 e. The average molecular weight is 414 g/mol. The van der Waals surface area contributed by atoms with Crippen LogP contribution in [0.1, 0.15) is 30.4 Å². The lowest BCUT2D eigenvalue weighted by atomic mass is 9.84. The first-order valence-electron chi connectivity index (χ1n) is 9.82. The van der Waals surface area contributed by atoms with E-state index in [1.807, 2.05) is 0 Å². The van der Waals surface area contributed by atoms with Crippen LogP contribution in [-0.4, -0.2) is 29.0 Å². The molecule has 2 aromatic rings. The highest BCUT2D eigenvalue weighted by molar-refractivity contribution is 8.01. The van der Waals surface area contributed by atoms with Crippen LogP contribution in [0.15, 0.2) is 42.5 Å². The van der Waals surface area contributed by atoms with Crippen molar-refractivity contribution >= 4 is 29.3 Å². The first-order valence-corrected chi connectivity index (χ1v) is 10.8. The van der Waals surface area contributed by atoms with Crippen molar-refractivity contribution in [3.8, 4) is 0 Å². The van der Waals surface area contributed by atoms with Gasteiger partial charge in [-0.25, -0.2) is 8.78 Å². The van der Waals surface area contributed by atoms with Gasteiger partial charge in [0.2, 0.25) is 5.91 Å². The third-order valence-corrected chi connectivity index (χ3v) is 7.53. The van der Waals surface area contributed by atoms with Gasteiger partial charge in [0.25, 0.3) is 5.91 Å². The Morgan fingerprint density at radius 3 is 2.66 bits per heavy atom. The lowest BCUT2D eigenvalue weighted by Crippen LogP contribution is -2.52. The molecule has 0 bridgehead atoms. The summed E-state index contributed by atoms with van der Waals surface area (Å²) in [6.45, 7) is 0.637. The summed E-state index contributed by atoms with van der Waals surface area (Å²) in [7, 11) is 0. The zero-order chi connectivity index (χ0) is 20.2. The molecular formula is C22H20F2N2O2S. The predicted molar refractivity (Wildman–Crippen MR) is 107 cm³/mol. The second-order valence-corrected chi connectivity index (χ2v) is 9.08. The van der Waals surface area contributed by atoms with Crippen LogP contribution < -0.4 is 4.90 Å².